The number of carbonyl (C=O) groups is 1. The third-order valence-corrected chi connectivity index (χ3v) is 1.14. The van der Waals surface area contributed by atoms with Crippen molar-refractivity contribution in [1.29, 1.82) is 0 Å². The van der Waals surface area contributed by atoms with Gasteiger partial charge in [0.1, 0.15) is 5.82 Å². The Labute approximate surface area is 75.6 Å². The predicted octanol–water partition coefficient (Wildman–Crippen LogP) is 1.59. The van der Waals surface area contributed by atoms with Crippen LogP contribution in [0.15, 0.2) is 12.3 Å². The number of amides is 1. The molecule has 0 spiro atoms. The van der Waals surface area contributed by atoms with Crippen molar-refractivity contribution in [1.82, 2.24) is 9.97 Å². The van der Waals surface area contributed by atoms with Crippen LogP contribution in [-0.4, -0.2) is 21.2 Å². The lowest BCUT2D eigenvalue weighted by atomic mass is 10.5. The van der Waals surface area contributed by atoms with E-state index in [0.29, 0.717) is 0 Å². The molecule has 0 saturated carbocycles. The molecule has 0 saturated heterocycles. The van der Waals surface area contributed by atoms with Crippen molar-refractivity contribution in [2.45, 2.75) is 6.18 Å². The lowest BCUT2D eigenvalue weighted by molar-refractivity contribution is -0.144. The fourth-order valence-corrected chi connectivity index (χ4v) is 0.674. The van der Waals surface area contributed by atoms with E-state index in [9.17, 15) is 18.0 Å². The SMILES string of the molecule is O=C(O)Nc1ccnc(C(F)(F)F)n1. The third-order valence-electron chi connectivity index (χ3n) is 1.14. The molecule has 0 fully saturated rings. The second-order valence-electron chi connectivity index (χ2n) is 2.19. The number of hydrogen-bond acceptors (Lipinski definition) is 3. The van der Waals surface area contributed by atoms with Gasteiger partial charge in [-0.25, -0.2) is 14.8 Å². The number of alkyl halides is 3. The van der Waals surface area contributed by atoms with Crippen molar-refractivity contribution < 1.29 is 23.1 Å². The van der Waals surface area contributed by atoms with Gasteiger partial charge in [0, 0.05) is 6.20 Å². The van der Waals surface area contributed by atoms with Gasteiger partial charge in [-0.15, -0.1) is 0 Å². The van der Waals surface area contributed by atoms with E-state index < -0.39 is 23.9 Å². The lowest BCUT2D eigenvalue weighted by Gasteiger charge is -2.05. The van der Waals surface area contributed by atoms with Crippen LogP contribution in [0.3, 0.4) is 0 Å². The van der Waals surface area contributed by atoms with E-state index in [1.807, 2.05) is 0 Å². The van der Waals surface area contributed by atoms with E-state index in [4.69, 9.17) is 5.11 Å². The highest BCUT2D eigenvalue weighted by molar-refractivity contribution is 5.81. The number of nitrogens with one attached hydrogen (secondary N) is 1. The average molecular weight is 207 g/mol. The van der Waals surface area contributed by atoms with Crippen LogP contribution in [0.5, 0.6) is 0 Å². The Balaban J connectivity index is 2.95. The molecule has 5 nitrogen and oxygen atoms in total. The monoisotopic (exact) mass is 207 g/mol. The highest BCUT2D eigenvalue weighted by Crippen LogP contribution is 2.26. The van der Waals surface area contributed by atoms with Crippen molar-refractivity contribution >= 4 is 11.9 Å². The molecule has 2 N–H and O–H groups in total. The summed E-state index contributed by atoms with van der Waals surface area (Å²) in [4.78, 5) is 16.0. The summed E-state index contributed by atoms with van der Waals surface area (Å²) in [5.41, 5.74) is 0. The maximum Gasteiger partial charge on any atom is 0.451 e. The van der Waals surface area contributed by atoms with E-state index in [-0.39, 0.29) is 0 Å². The first kappa shape index (κ1) is 10.2. The van der Waals surface area contributed by atoms with Gasteiger partial charge in [-0.05, 0) is 6.07 Å². The molecule has 0 bridgehead atoms. The molecule has 1 amide bonds. The van der Waals surface area contributed by atoms with Gasteiger partial charge in [-0.1, -0.05) is 0 Å². The molecule has 14 heavy (non-hydrogen) atoms. The normalized spacial score (nSPS) is 11.1. The van der Waals surface area contributed by atoms with Crippen molar-refractivity contribution in [3.63, 3.8) is 0 Å². The van der Waals surface area contributed by atoms with Gasteiger partial charge in [-0.3, -0.25) is 5.32 Å². The average Bonchev–Trinajstić information content (AvgIpc) is 2.01. The quantitative estimate of drug-likeness (QED) is 0.733. The number of nitrogens with zero attached hydrogens (tertiary/aromatic N) is 2. The Morgan fingerprint density at radius 3 is 2.64 bits per heavy atom. The Bertz CT molecular complexity index is 352. The van der Waals surface area contributed by atoms with Crippen LogP contribution >= 0.6 is 0 Å². The summed E-state index contributed by atoms with van der Waals surface area (Å²) in [5.74, 6) is -1.80. The number of carboxylic acid groups (broad SMARTS) is 1. The van der Waals surface area contributed by atoms with Gasteiger partial charge in [0.25, 0.3) is 0 Å². The molecular formula is C6H4F3N3O2. The summed E-state index contributed by atoms with van der Waals surface area (Å²) in [6.45, 7) is 0. The van der Waals surface area contributed by atoms with Crippen molar-refractivity contribution in [2.24, 2.45) is 0 Å². The standard InChI is InChI=1S/C6H4F3N3O2/c7-6(8,9)4-10-2-1-3(11-4)12-5(13)14/h1-2H,(H,13,14)(H,10,11,12). The zero-order chi connectivity index (χ0) is 10.8. The maximum absolute atomic E-state index is 12.0. The van der Waals surface area contributed by atoms with Crippen LogP contribution in [-0.2, 0) is 6.18 Å². The van der Waals surface area contributed by atoms with Gasteiger partial charge in [-0.2, -0.15) is 13.2 Å². The molecule has 0 radical (unpaired) electrons. The molecule has 76 valence electrons. The second kappa shape index (κ2) is 3.48. The molecule has 0 aliphatic carbocycles. The van der Waals surface area contributed by atoms with Crippen molar-refractivity contribution in [3.05, 3.63) is 18.1 Å². The Hall–Kier alpha value is -1.86. The van der Waals surface area contributed by atoms with Gasteiger partial charge in [0.2, 0.25) is 5.82 Å². The van der Waals surface area contributed by atoms with Crippen molar-refractivity contribution in [2.75, 3.05) is 5.32 Å². The van der Waals surface area contributed by atoms with E-state index in [1.54, 1.807) is 5.32 Å². The summed E-state index contributed by atoms with van der Waals surface area (Å²) < 4.78 is 36.0. The number of anilines is 1. The van der Waals surface area contributed by atoms with Crippen LogP contribution in [0, 0.1) is 0 Å². The predicted molar refractivity (Wildman–Crippen MR) is 38.7 cm³/mol. The minimum Gasteiger partial charge on any atom is -0.465 e. The Morgan fingerprint density at radius 1 is 1.50 bits per heavy atom. The molecule has 0 atom stereocenters. The number of rotatable bonds is 1. The van der Waals surface area contributed by atoms with Gasteiger partial charge < -0.3 is 5.11 Å². The highest BCUT2D eigenvalue weighted by Gasteiger charge is 2.34. The fourth-order valence-electron chi connectivity index (χ4n) is 0.674. The minimum absolute atomic E-state index is 0.417. The summed E-state index contributed by atoms with van der Waals surface area (Å²) in [6.07, 6.45) is -5.35. The first-order valence-corrected chi connectivity index (χ1v) is 3.30. The lowest BCUT2D eigenvalue weighted by Crippen LogP contribution is -2.14. The fraction of sp³-hybridized carbons (Fsp3) is 0.167. The van der Waals surface area contributed by atoms with Crippen LogP contribution in [0.1, 0.15) is 5.82 Å². The van der Waals surface area contributed by atoms with Crippen LogP contribution in [0.4, 0.5) is 23.8 Å². The van der Waals surface area contributed by atoms with Gasteiger partial charge in [0.15, 0.2) is 0 Å². The number of aromatic nitrogens is 2. The zero-order valence-corrected chi connectivity index (χ0v) is 6.54. The van der Waals surface area contributed by atoms with Crippen molar-refractivity contribution in [3.8, 4) is 0 Å². The number of halogens is 3. The minimum atomic E-state index is -4.68. The Kier molecular flexibility index (Phi) is 2.54. The van der Waals surface area contributed by atoms with Gasteiger partial charge in [0.05, 0.1) is 0 Å². The molecular weight excluding hydrogens is 203 g/mol. The van der Waals surface area contributed by atoms with Crippen LogP contribution in [0.25, 0.3) is 0 Å². The van der Waals surface area contributed by atoms with E-state index >= 15 is 0 Å². The van der Waals surface area contributed by atoms with Crippen LogP contribution in [0.2, 0.25) is 0 Å². The summed E-state index contributed by atoms with van der Waals surface area (Å²) in [5, 5.41) is 9.89. The maximum atomic E-state index is 12.0. The highest BCUT2D eigenvalue weighted by atomic mass is 19.4. The summed E-state index contributed by atoms with van der Waals surface area (Å²) in [7, 11) is 0. The molecule has 1 aromatic rings. The van der Waals surface area contributed by atoms with E-state index in [2.05, 4.69) is 9.97 Å². The first-order chi connectivity index (χ1) is 6.39. The summed E-state index contributed by atoms with van der Waals surface area (Å²) >= 11 is 0. The zero-order valence-electron chi connectivity index (χ0n) is 6.54. The first-order valence-electron chi connectivity index (χ1n) is 3.30. The molecule has 0 aromatic carbocycles. The largest absolute Gasteiger partial charge is 0.465 e. The van der Waals surface area contributed by atoms with E-state index in [1.165, 1.54) is 0 Å². The molecule has 0 aliphatic rings. The van der Waals surface area contributed by atoms with Crippen LogP contribution < -0.4 is 5.32 Å². The topological polar surface area (TPSA) is 75.1 Å². The molecule has 0 aliphatic heterocycles. The van der Waals surface area contributed by atoms with E-state index in [0.717, 1.165) is 12.3 Å². The molecule has 1 rings (SSSR count). The molecule has 1 aromatic heterocycles. The molecule has 0 unspecified atom stereocenters. The third kappa shape index (κ3) is 2.57. The Morgan fingerprint density at radius 2 is 2.14 bits per heavy atom. The molecule has 1 heterocycles. The molecule has 8 heteroatoms. The smallest absolute Gasteiger partial charge is 0.451 e. The van der Waals surface area contributed by atoms with Gasteiger partial charge >= 0.3 is 12.3 Å². The summed E-state index contributed by atoms with van der Waals surface area (Å²) in [6, 6.07) is 1.02. The second-order valence-corrected chi connectivity index (χ2v) is 2.19. The number of hydrogen-bond donors (Lipinski definition) is 2.